The normalized spacial score (nSPS) is 20.0. The monoisotopic (exact) mass is 461 g/mol. The molecule has 1 aliphatic carbocycles. The van der Waals surface area contributed by atoms with Crippen LogP contribution in [0.5, 0.6) is 0 Å². The Balaban J connectivity index is 1.50. The Kier molecular flexibility index (Phi) is 5.81. The summed E-state index contributed by atoms with van der Waals surface area (Å²) < 4.78 is 0. The van der Waals surface area contributed by atoms with Crippen molar-refractivity contribution in [1.82, 2.24) is 4.90 Å². The van der Waals surface area contributed by atoms with Crippen LogP contribution in [0.1, 0.15) is 39.0 Å². The maximum Gasteiger partial charge on any atom is 0.294 e. The minimum atomic E-state index is -0.581. The van der Waals surface area contributed by atoms with Crippen LogP contribution in [0.4, 0.5) is 9.80 Å². The molecule has 3 heterocycles. The van der Waals surface area contributed by atoms with Crippen molar-refractivity contribution in [2.75, 3.05) is 11.9 Å². The van der Waals surface area contributed by atoms with Crippen molar-refractivity contribution in [2.24, 2.45) is 11.7 Å². The van der Waals surface area contributed by atoms with E-state index in [2.05, 4.69) is 12.2 Å². The standard InChI is InChI=1S/C20H19N3O4S3/c1-10-4-5-12-13(7-10)29-18(16(12)17(21)25)22-15(24)9-23-19(26)14(30-20(23)27)8-11-3-2-6-28-11/h2-3,6,8,10H,4-5,7,9H2,1H3,(H2,21,25)(H,22,24)/b14-8-/t10-/m0/s1. The van der Waals surface area contributed by atoms with Crippen LogP contribution in [0.15, 0.2) is 22.4 Å². The molecule has 4 amide bonds. The van der Waals surface area contributed by atoms with E-state index in [-0.39, 0.29) is 4.91 Å². The molecular weight excluding hydrogens is 442 g/mol. The number of anilines is 1. The van der Waals surface area contributed by atoms with Gasteiger partial charge >= 0.3 is 0 Å². The minimum Gasteiger partial charge on any atom is -0.365 e. The number of hydrogen-bond acceptors (Lipinski definition) is 7. The lowest BCUT2D eigenvalue weighted by Crippen LogP contribution is -2.36. The first-order valence-corrected chi connectivity index (χ1v) is 11.9. The Bertz CT molecular complexity index is 1070. The van der Waals surface area contributed by atoms with Gasteiger partial charge in [-0.1, -0.05) is 13.0 Å². The van der Waals surface area contributed by atoms with Gasteiger partial charge in [-0.2, -0.15) is 0 Å². The first-order valence-electron chi connectivity index (χ1n) is 9.36. The van der Waals surface area contributed by atoms with Gasteiger partial charge in [-0.15, -0.1) is 22.7 Å². The van der Waals surface area contributed by atoms with Crippen molar-refractivity contribution >= 4 is 68.5 Å². The fourth-order valence-corrected chi connectivity index (χ4v) is 6.54. The number of hydrogen-bond donors (Lipinski definition) is 2. The van der Waals surface area contributed by atoms with Crippen LogP contribution in [-0.2, 0) is 22.4 Å². The molecule has 0 saturated carbocycles. The van der Waals surface area contributed by atoms with E-state index >= 15 is 0 Å². The molecule has 0 spiro atoms. The quantitative estimate of drug-likeness (QED) is 0.660. The molecule has 30 heavy (non-hydrogen) atoms. The Morgan fingerprint density at radius 3 is 2.87 bits per heavy atom. The molecule has 2 aliphatic rings. The summed E-state index contributed by atoms with van der Waals surface area (Å²) in [5.41, 5.74) is 6.83. The first kappa shape index (κ1) is 20.8. The molecule has 2 aromatic rings. The van der Waals surface area contributed by atoms with Crippen molar-refractivity contribution in [2.45, 2.75) is 26.2 Å². The summed E-state index contributed by atoms with van der Waals surface area (Å²) in [6.07, 6.45) is 4.20. The Hall–Kier alpha value is -2.43. The predicted molar refractivity (Wildman–Crippen MR) is 120 cm³/mol. The van der Waals surface area contributed by atoms with Gasteiger partial charge in [0, 0.05) is 9.75 Å². The van der Waals surface area contributed by atoms with E-state index in [9.17, 15) is 19.2 Å². The van der Waals surface area contributed by atoms with E-state index in [4.69, 9.17) is 5.73 Å². The van der Waals surface area contributed by atoms with Crippen LogP contribution in [0.2, 0.25) is 0 Å². The molecule has 7 nitrogen and oxygen atoms in total. The van der Waals surface area contributed by atoms with E-state index in [1.165, 1.54) is 22.7 Å². The number of fused-ring (bicyclic) bond motifs is 1. The van der Waals surface area contributed by atoms with Crippen LogP contribution < -0.4 is 11.1 Å². The Morgan fingerprint density at radius 1 is 1.37 bits per heavy atom. The second-order valence-electron chi connectivity index (χ2n) is 7.25. The summed E-state index contributed by atoms with van der Waals surface area (Å²) in [5, 5.41) is 4.48. The molecule has 10 heteroatoms. The molecule has 0 aromatic carbocycles. The molecule has 2 aromatic heterocycles. The average molecular weight is 462 g/mol. The van der Waals surface area contributed by atoms with Crippen molar-refractivity contribution in [1.29, 1.82) is 0 Å². The lowest BCUT2D eigenvalue weighted by Gasteiger charge is -2.18. The van der Waals surface area contributed by atoms with E-state index in [1.807, 2.05) is 17.5 Å². The van der Waals surface area contributed by atoms with Gasteiger partial charge in [-0.05, 0) is 60.0 Å². The fourth-order valence-electron chi connectivity index (χ4n) is 3.55. The molecule has 3 N–H and O–H groups in total. The number of carbonyl (C=O) groups is 4. The van der Waals surface area contributed by atoms with Crippen molar-refractivity contribution < 1.29 is 19.2 Å². The number of imide groups is 1. The number of nitrogens with zero attached hydrogens (tertiary/aromatic N) is 1. The number of rotatable bonds is 5. The number of thioether (sulfide) groups is 1. The van der Waals surface area contributed by atoms with E-state index in [0.29, 0.717) is 16.5 Å². The SMILES string of the molecule is C[C@H]1CCc2c(sc(NC(=O)CN3C(=O)S/C(=C\c4cccs4)C3=O)c2C(N)=O)C1. The zero-order valence-electron chi connectivity index (χ0n) is 16.1. The Labute approximate surface area is 185 Å². The molecule has 4 rings (SSSR count). The molecule has 1 saturated heterocycles. The molecule has 1 atom stereocenters. The van der Waals surface area contributed by atoms with Gasteiger partial charge in [0.2, 0.25) is 5.91 Å². The smallest absolute Gasteiger partial charge is 0.294 e. The summed E-state index contributed by atoms with van der Waals surface area (Å²) in [4.78, 5) is 52.6. The molecule has 0 unspecified atom stereocenters. The van der Waals surface area contributed by atoms with Crippen LogP contribution in [0.25, 0.3) is 6.08 Å². The summed E-state index contributed by atoms with van der Waals surface area (Å²) >= 11 is 3.62. The predicted octanol–water partition coefficient (Wildman–Crippen LogP) is 3.71. The first-order chi connectivity index (χ1) is 14.3. The van der Waals surface area contributed by atoms with Crippen LogP contribution >= 0.6 is 34.4 Å². The van der Waals surface area contributed by atoms with Gasteiger partial charge in [0.25, 0.3) is 17.1 Å². The third-order valence-corrected chi connectivity index (χ3v) is 7.90. The number of nitrogens with one attached hydrogen (secondary N) is 1. The van der Waals surface area contributed by atoms with Gasteiger partial charge in [-0.25, -0.2) is 0 Å². The number of carbonyl (C=O) groups excluding carboxylic acids is 4. The summed E-state index contributed by atoms with van der Waals surface area (Å²) in [6.45, 7) is 1.73. The van der Waals surface area contributed by atoms with Gasteiger partial charge in [0.1, 0.15) is 11.5 Å². The molecule has 0 bridgehead atoms. The number of thiophene rings is 2. The number of nitrogens with two attached hydrogens (primary N) is 1. The lowest BCUT2D eigenvalue weighted by molar-refractivity contribution is -0.127. The highest BCUT2D eigenvalue weighted by atomic mass is 32.2. The molecule has 1 fully saturated rings. The summed E-state index contributed by atoms with van der Waals surface area (Å²) in [7, 11) is 0. The van der Waals surface area contributed by atoms with Gasteiger partial charge < -0.3 is 11.1 Å². The highest BCUT2D eigenvalue weighted by Gasteiger charge is 2.37. The van der Waals surface area contributed by atoms with Crippen LogP contribution in [-0.4, -0.2) is 34.4 Å². The number of amides is 4. The van der Waals surface area contributed by atoms with Crippen molar-refractivity contribution in [3.05, 3.63) is 43.3 Å². The minimum absolute atomic E-state index is 0.286. The van der Waals surface area contributed by atoms with Crippen molar-refractivity contribution in [3.8, 4) is 0 Å². The zero-order chi connectivity index (χ0) is 21.4. The molecule has 0 radical (unpaired) electrons. The number of primary amides is 1. The Morgan fingerprint density at radius 2 is 2.17 bits per heavy atom. The van der Waals surface area contributed by atoms with Crippen molar-refractivity contribution in [3.63, 3.8) is 0 Å². The molecule has 156 valence electrons. The second-order valence-corrected chi connectivity index (χ2v) is 10.3. The largest absolute Gasteiger partial charge is 0.365 e. The van der Waals surface area contributed by atoms with E-state index in [1.54, 1.807) is 6.08 Å². The van der Waals surface area contributed by atoms with Crippen LogP contribution in [0, 0.1) is 5.92 Å². The van der Waals surface area contributed by atoms with Crippen LogP contribution in [0.3, 0.4) is 0 Å². The fraction of sp³-hybridized carbons (Fsp3) is 0.300. The molecule has 1 aliphatic heterocycles. The topological polar surface area (TPSA) is 110 Å². The summed E-state index contributed by atoms with van der Waals surface area (Å²) in [5.74, 6) is -1.11. The molecular formula is C20H19N3O4S3. The van der Waals surface area contributed by atoms with E-state index in [0.717, 1.165) is 51.2 Å². The third kappa shape index (κ3) is 4.07. The maximum absolute atomic E-state index is 12.6. The average Bonchev–Trinajstić information content (AvgIpc) is 3.37. The highest BCUT2D eigenvalue weighted by Crippen LogP contribution is 2.39. The van der Waals surface area contributed by atoms with E-state index < -0.39 is 29.5 Å². The lowest BCUT2D eigenvalue weighted by atomic mass is 9.88. The van der Waals surface area contributed by atoms with Gasteiger partial charge in [0.05, 0.1) is 10.5 Å². The maximum atomic E-state index is 12.6. The van der Waals surface area contributed by atoms with Gasteiger partial charge in [0.15, 0.2) is 0 Å². The highest BCUT2D eigenvalue weighted by molar-refractivity contribution is 8.18. The van der Waals surface area contributed by atoms with Gasteiger partial charge in [-0.3, -0.25) is 24.1 Å². The second kappa shape index (κ2) is 8.37. The summed E-state index contributed by atoms with van der Waals surface area (Å²) in [6, 6.07) is 3.70. The third-order valence-electron chi connectivity index (χ3n) is 5.00. The zero-order valence-corrected chi connectivity index (χ0v) is 18.5.